The van der Waals surface area contributed by atoms with Crippen molar-refractivity contribution in [2.24, 2.45) is 0 Å². The standard InChI is InChI=1S/C20H18FNO4S/c1-24-11-13-18-14(21)3-2-4-17(18)27-19(13)20(23)22-10-12-5-6-15-16(9-12)26-8-7-25-15/h2-6,9H,7-8,10-11H2,1H3,(H,22,23). The normalized spacial score (nSPS) is 13.0. The maximum Gasteiger partial charge on any atom is 0.262 e. The average molecular weight is 387 g/mol. The van der Waals surface area contributed by atoms with Crippen molar-refractivity contribution in [3.8, 4) is 11.5 Å². The summed E-state index contributed by atoms with van der Waals surface area (Å²) in [5.41, 5.74) is 1.48. The molecule has 1 aliphatic heterocycles. The summed E-state index contributed by atoms with van der Waals surface area (Å²) in [4.78, 5) is 13.2. The van der Waals surface area contributed by atoms with Crippen molar-refractivity contribution >= 4 is 27.3 Å². The van der Waals surface area contributed by atoms with Crippen LogP contribution in [0.15, 0.2) is 36.4 Å². The number of methoxy groups -OCH3 is 1. The molecule has 0 bridgehead atoms. The van der Waals surface area contributed by atoms with E-state index in [4.69, 9.17) is 14.2 Å². The Bertz CT molecular complexity index is 1000. The largest absolute Gasteiger partial charge is 0.486 e. The van der Waals surface area contributed by atoms with Crippen LogP contribution in [0.1, 0.15) is 20.8 Å². The van der Waals surface area contributed by atoms with Crippen molar-refractivity contribution in [1.29, 1.82) is 0 Å². The van der Waals surface area contributed by atoms with E-state index in [0.717, 1.165) is 10.3 Å². The lowest BCUT2D eigenvalue weighted by Gasteiger charge is -2.19. The van der Waals surface area contributed by atoms with E-state index in [1.54, 1.807) is 12.1 Å². The van der Waals surface area contributed by atoms with Crippen molar-refractivity contribution < 1.29 is 23.4 Å². The molecule has 0 spiro atoms. The van der Waals surface area contributed by atoms with E-state index >= 15 is 0 Å². The van der Waals surface area contributed by atoms with Gasteiger partial charge in [0.05, 0.1) is 11.5 Å². The van der Waals surface area contributed by atoms with Gasteiger partial charge in [0.2, 0.25) is 0 Å². The van der Waals surface area contributed by atoms with E-state index in [0.29, 0.717) is 47.1 Å². The Balaban J connectivity index is 1.56. The van der Waals surface area contributed by atoms with Gasteiger partial charge in [0.25, 0.3) is 5.91 Å². The van der Waals surface area contributed by atoms with Crippen LogP contribution < -0.4 is 14.8 Å². The van der Waals surface area contributed by atoms with Crippen LogP contribution in [0.4, 0.5) is 4.39 Å². The molecule has 0 radical (unpaired) electrons. The third kappa shape index (κ3) is 3.48. The van der Waals surface area contributed by atoms with Crippen LogP contribution in [0.2, 0.25) is 0 Å². The number of carbonyl (C=O) groups is 1. The van der Waals surface area contributed by atoms with E-state index in [1.165, 1.54) is 24.5 Å². The average Bonchev–Trinajstić information content (AvgIpc) is 3.06. The number of carbonyl (C=O) groups excluding carboxylic acids is 1. The second-order valence-corrected chi connectivity index (χ2v) is 7.17. The van der Waals surface area contributed by atoms with Crippen LogP contribution in [0.5, 0.6) is 11.5 Å². The molecule has 1 amide bonds. The fraction of sp³-hybridized carbons (Fsp3) is 0.250. The van der Waals surface area contributed by atoms with Crippen LogP contribution in [0, 0.1) is 5.82 Å². The minimum atomic E-state index is -0.346. The number of ether oxygens (including phenoxy) is 3. The molecule has 2 heterocycles. The summed E-state index contributed by atoms with van der Waals surface area (Å²) in [5, 5.41) is 3.35. The van der Waals surface area contributed by atoms with Crippen molar-refractivity contribution in [3.63, 3.8) is 0 Å². The van der Waals surface area contributed by atoms with E-state index in [2.05, 4.69) is 5.32 Å². The van der Waals surface area contributed by atoms with Gasteiger partial charge in [-0.2, -0.15) is 0 Å². The fourth-order valence-electron chi connectivity index (χ4n) is 3.09. The first-order valence-electron chi connectivity index (χ1n) is 8.53. The molecule has 4 rings (SSSR count). The number of hydrogen-bond acceptors (Lipinski definition) is 5. The first-order chi connectivity index (χ1) is 13.2. The maximum atomic E-state index is 14.3. The molecule has 0 fully saturated rings. The fourth-order valence-corrected chi connectivity index (χ4v) is 4.23. The van der Waals surface area contributed by atoms with Gasteiger partial charge in [-0.05, 0) is 29.8 Å². The molecule has 0 saturated carbocycles. The highest BCUT2D eigenvalue weighted by atomic mass is 32.1. The summed E-state index contributed by atoms with van der Waals surface area (Å²) < 4.78 is 31.2. The van der Waals surface area contributed by atoms with Gasteiger partial charge in [-0.15, -0.1) is 11.3 Å². The van der Waals surface area contributed by atoms with Crippen LogP contribution in [-0.4, -0.2) is 26.2 Å². The molecule has 27 heavy (non-hydrogen) atoms. The number of nitrogens with one attached hydrogen (secondary N) is 1. The number of benzene rings is 2. The van der Waals surface area contributed by atoms with Crippen LogP contribution in [-0.2, 0) is 17.9 Å². The Labute approximate surface area is 159 Å². The smallest absolute Gasteiger partial charge is 0.262 e. The van der Waals surface area contributed by atoms with Gasteiger partial charge in [-0.25, -0.2) is 4.39 Å². The molecule has 1 aromatic heterocycles. The second kappa shape index (κ2) is 7.54. The molecule has 0 aliphatic carbocycles. The highest BCUT2D eigenvalue weighted by Gasteiger charge is 2.21. The predicted molar refractivity (Wildman–Crippen MR) is 101 cm³/mol. The van der Waals surface area contributed by atoms with E-state index < -0.39 is 0 Å². The Morgan fingerprint density at radius 2 is 2.04 bits per heavy atom. The van der Waals surface area contributed by atoms with Crippen LogP contribution in [0.25, 0.3) is 10.1 Å². The summed E-state index contributed by atoms with van der Waals surface area (Å²) in [7, 11) is 1.53. The Morgan fingerprint density at radius 1 is 1.22 bits per heavy atom. The topological polar surface area (TPSA) is 56.8 Å². The number of halogens is 1. The van der Waals surface area contributed by atoms with Crippen molar-refractivity contribution in [2.45, 2.75) is 13.2 Å². The second-order valence-electron chi connectivity index (χ2n) is 6.12. The van der Waals surface area contributed by atoms with Crippen LogP contribution in [0.3, 0.4) is 0 Å². The molecule has 7 heteroatoms. The summed E-state index contributed by atoms with van der Waals surface area (Å²) in [6.07, 6.45) is 0. The van der Waals surface area contributed by atoms with Gasteiger partial charge in [-0.3, -0.25) is 4.79 Å². The van der Waals surface area contributed by atoms with Gasteiger partial charge in [0.15, 0.2) is 11.5 Å². The first kappa shape index (κ1) is 17.8. The summed E-state index contributed by atoms with van der Waals surface area (Å²) in [5.74, 6) is 0.787. The van der Waals surface area contributed by atoms with E-state index in [9.17, 15) is 9.18 Å². The Morgan fingerprint density at radius 3 is 2.85 bits per heavy atom. The van der Waals surface area contributed by atoms with Gasteiger partial charge in [0, 0.05) is 29.3 Å². The lowest BCUT2D eigenvalue weighted by atomic mass is 10.1. The van der Waals surface area contributed by atoms with Gasteiger partial charge in [0.1, 0.15) is 19.0 Å². The lowest BCUT2D eigenvalue weighted by molar-refractivity contribution is 0.0950. The predicted octanol–water partition coefficient (Wildman–Crippen LogP) is 3.89. The van der Waals surface area contributed by atoms with Gasteiger partial charge >= 0.3 is 0 Å². The van der Waals surface area contributed by atoms with E-state index in [-0.39, 0.29) is 18.3 Å². The molecule has 1 N–H and O–H groups in total. The number of fused-ring (bicyclic) bond motifs is 2. The zero-order valence-corrected chi connectivity index (χ0v) is 15.5. The number of rotatable bonds is 5. The molecule has 0 unspecified atom stereocenters. The summed E-state index contributed by atoms with van der Waals surface area (Å²) in [6, 6.07) is 10.4. The highest BCUT2D eigenvalue weighted by Crippen LogP contribution is 2.34. The van der Waals surface area contributed by atoms with E-state index in [1.807, 2.05) is 18.2 Å². The zero-order valence-electron chi connectivity index (χ0n) is 14.7. The SMILES string of the molecule is COCc1c(C(=O)NCc2ccc3c(c2)OCCO3)sc2cccc(F)c12. The molecule has 1 aliphatic rings. The third-order valence-electron chi connectivity index (χ3n) is 4.32. The molecular weight excluding hydrogens is 369 g/mol. The minimum absolute atomic E-state index is 0.174. The number of thiophene rings is 1. The third-order valence-corrected chi connectivity index (χ3v) is 5.51. The molecule has 0 saturated heterocycles. The van der Waals surface area contributed by atoms with Crippen molar-refractivity contribution in [1.82, 2.24) is 5.32 Å². The summed E-state index contributed by atoms with van der Waals surface area (Å²) >= 11 is 1.27. The Kier molecular flexibility index (Phi) is 4.96. The number of amides is 1. The Hall–Kier alpha value is -2.64. The quantitative estimate of drug-likeness (QED) is 0.722. The maximum absolute atomic E-state index is 14.3. The van der Waals surface area contributed by atoms with Crippen molar-refractivity contribution in [3.05, 3.63) is 58.2 Å². The van der Waals surface area contributed by atoms with Gasteiger partial charge < -0.3 is 19.5 Å². The molecule has 140 valence electrons. The zero-order chi connectivity index (χ0) is 18.8. The van der Waals surface area contributed by atoms with Crippen molar-refractivity contribution in [2.75, 3.05) is 20.3 Å². The molecule has 3 aromatic rings. The molecule has 0 atom stereocenters. The molecule has 5 nitrogen and oxygen atoms in total. The highest BCUT2D eigenvalue weighted by molar-refractivity contribution is 7.21. The monoisotopic (exact) mass is 387 g/mol. The minimum Gasteiger partial charge on any atom is -0.486 e. The number of hydrogen-bond donors (Lipinski definition) is 1. The lowest BCUT2D eigenvalue weighted by Crippen LogP contribution is -2.23. The van der Waals surface area contributed by atoms with Gasteiger partial charge in [-0.1, -0.05) is 12.1 Å². The van der Waals surface area contributed by atoms with Crippen LogP contribution >= 0.6 is 11.3 Å². The first-order valence-corrected chi connectivity index (χ1v) is 9.34. The summed E-state index contributed by atoms with van der Waals surface area (Å²) in [6.45, 7) is 1.55. The molecule has 2 aromatic carbocycles. The molecular formula is C20H18FNO4S.